The molecule has 1 aliphatic heterocycles. The molecule has 1 fully saturated rings. The van der Waals surface area contributed by atoms with Gasteiger partial charge in [-0.1, -0.05) is 30.3 Å². The van der Waals surface area contributed by atoms with E-state index in [1.54, 1.807) is 36.4 Å². The van der Waals surface area contributed by atoms with Crippen molar-refractivity contribution in [2.24, 2.45) is 5.73 Å². The Labute approximate surface area is 145 Å². The molecule has 0 unspecified atom stereocenters. The van der Waals surface area contributed by atoms with Crippen molar-refractivity contribution in [3.8, 4) is 0 Å². The average molecular weight is 340 g/mol. The zero-order valence-electron chi connectivity index (χ0n) is 13.7. The van der Waals surface area contributed by atoms with Crippen LogP contribution in [0.15, 0.2) is 48.7 Å². The first-order valence-electron chi connectivity index (χ1n) is 8.09. The summed E-state index contributed by atoms with van der Waals surface area (Å²) in [6, 6.07) is 11.5. The Kier molecular flexibility index (Phi) is 5.25. The number of rotatable bonds is 5. The van der Waals surface area contributed by atoms with Gasteiger partial charge in [-0.25, -0.2) is 4.98 Å². The van der Waals surface area contributed by atoms with Crippen LogP contribution >= 0.6 is 0 Å². The highest BCUT2D eigenvalue weighted by Gasteiger charge is 2.21. The van der Waals surface area contributed by atoms with Gasteiger partial charge in [-0.05, 0) is 17.7 Å². The summed E-state index contributed by atoms with van der Waals surface area (Å²) >= 11 is 0. The Morgan fingerprint density at radius 1 is 1.12 bits per heavy atom. The van der Waals surface area contributed by atoms with E-state index in [1.165, 1.54) is 6.20 Å². The molecule has 1 atom stereocenters. The van der Waals surface area contributed by atoms with Crippen LogP contribution in [0.4, 0.5) is 5.82 Å². The molecule has 0 aliphatic carbocycles. The Bertz CT molecular complexity index is 728. The number of aromatic nitrogens is 1. The van der Waals surface area contributed by atoms with Crippen molar-refractivity contribution < 1.29 is 14.3 Å². The number of hydrogen-bond donors (Lipinski definition) is 2. The van der Waals surface area contributed by atoms with Gasteiger partial charge in [-0.15, -0.1) is 0 Å². The Hall–Kier alpha value is -2.93. The van der Waals surface area contributed by atoms with Crippen molar-refractivity contribution in [2.45, 2.75) is 6.04 Å². The van der Waals surface area contributed by atoms with Crippen LogP contribution in [0.3, 0.4) is 0 Å². The van der Waals surface area contributed by atoms with Crippen LogP contribution in [-0.2, 0) is 9.53 Å². The molecule has 7 nitrogen and oxygen atoms in total. The first-order chi connectivity index (χ1) is 12.1. The first kappa shape index (κ1) is 16.9. The van der Waals surface area contributed by atoms with Crippen molar-refractivity contribution in [1.29, 1.82) is 0 Å². The van der Waals surface area contributed by atoms with Crippen molar-refractivity contribution in [3.05, 3.63) is 59.8 Å². The van der Waals surface area contributed by atoms with Crippen LogP contribution in [-0.4, -0.2) is 43.1 Å². The highest BCUT2D eigenvalue weighted by molar-refractivity contribution is 5.97. The Balaban J connectivity index is 1.70. The number of nitrogens with zero attached hydrogens (tertiary/aromatic N) is 2. The molecule has 1 aromatic heterocycles. The van der Waals surface area contributed by atoms with Gasteiger partial charge in [-0.3, -0.25) is 9.59 Å². The highest BCUT2D eigenvalue weighted by Crippen LogP contribution is 2.15. The fourth-order valence-electron chi connectivity index (χ4n) is 2.68. The highest BCUT2D eigenvalue weighted by atomic mass is 16.5. The lowest BCUT2D eigenvalue weighted by atomic mass is 10.1. The van der Waals surface area contributed by atoms with Crippen LogP contribution in [0, 0.1) is 0 Å². The van der Waals surface area contributed by atoms with E-state index in [-0.39, 0.29) is 0 Å². The molecule has 0 radical (unpaired) electrons. The van der Waals surface area contributed by atoms with Crippen molar-refractivity contribution in [2.75, 3.05) is 31.2 Å². The van der Waals surface area contributed by atoms with Crippen LogP contribution in [0.2, 0.25) is 0 Å². The monoisotopic (exact) mass is 340 g/mol. The Morgan fingerprint density at radius 2 is 1.84 bits per heavy atom. The summed E-state index contributed by atoms with van der Waals surface area (Å²) in [4.78, 5) is 30.6. The summed E-state index contributed by atoms with van der Waals surface area (Å²) in [6.07, 6.45) is 1.50. The molecular weight excluding hydrogens is 320 g/mol. The molecule has 2 aromatic rings. The number of benzene rings is 1. The maximum absolute atomic E-state index is 12.4. The molecular formula is C18H20N4O3. The van der Waals surface area contributed by atoms with E-state index in [4.69, 9.17) is 10.5 Å². The summed E-state index contributed by atoms with van der Waals surface area (Å²) in [6.45, 7) is 2.88. The lowest BCUT2D eigenvalue weighted by Gasteiger charge is -2.27. The number of nitrogens with two attached hydrogens (primary N) is 1. The number of ether oxygens (including phenoxy) is 1. The van der Waals surface area contributed by atoms with Crippen LogP contribution < -0.4 is 16.0 Å². The maximum Gasteiger partial charge on any atom is 0.253 e. The standard InChI is InChI=1S/C18H20N4O3/c19-17(23)16(13-4-2-1-3-5-13)21-18(24)14-6-7-15(20-12-14)22-8-10-25-11-9-22/h1-7,12,16H,8-11H2,(H2,19,23)(H,21,24)/t16-/m1/s1. The molecule has 1 saturated heterocycles. The molecule has 0 spiro atoms. The minimum atomic E-state index is -0.882. The molecule has 1 aliphatic rings. The molecule has 3 N–H and O–H groups in total. The molecule has 25 heavy (non-hydrogen) atoms. The fourth-order valence-corrected chi connectivity index (χ4v) is 2.68. The SMILES string of the molecule is NC(=O)[C@H](NC(=O)c1ccc(N2CCOCC2)nc1)c1ccccc1. The second kappa shape index (κ2) is 7.76. The molecule has 2 amide bonds. The van der Waals surface area contributed by atoms with Gasteiger partial charge in [-0.2, -0.15) is 0 Å². The third kappa shape index (κ3) is 4.13. The van der Waals surface area contributed by atoms with E-state index in [1.807, 2.05) is 6.07 Å². The molecule has 1 aromatic carbocycles. The zero-order chi connectivity index (χ0) is 17.6. The van der Waals surface area contributed by atoms with Gasteiger partial charge in [0.1, 0.15) is 11.9 Å². The number of carbonyl (C=O) groups is 2. The molecule has 0 saturated carbocycles. The number of hydrogen-bond acceptors (Lipinski definition) is 5. The smallest absolute Gasteiger partial charge is 0.253 e. The largest absolute Gasteiger partial charge is 0.378 e. The van der Waals surface area contributed by atoms with E-state index < -0.39 is 17.9 Å². The van der Waals surface area contributed by atoms with Crippen LogP contribution in [0.5, 0.6) is 0 Å². The fraction of sp³-hybridized carbons (Fsp3) is 0.278. The maximum atomic E-state index is 12.4. The van der Waals surface area contributed by atoms with E-state index in [2.05, 4.69) is 15.2 Å². The van der Waals surface area contributed by atoms with Gasteiger partial charge in [0, 0.05) is 19.3 Å². The number of primary amides is 1. The summed E-state index contributed by atoms with van der Waals surface area (Å²) in [5, 5.41) is 2.66. The minimum absolute atomic E-state index is 0.374. The predicted octanol–water partition coefficient (Wildman–Crippen LogP) is 0.875. The van der Waals surface area contributed by atoms with E-state index in [0.717, 1.165) is 18.9 Å². The van der Waals surface area contributed by atoms with Gasteiger partial charge in [0.25, 0.3) is 5.91 Å². The molecule has 7 heteroatoms. The van der Waals surface area contributed by atoms with Gasteiger partial charge >= 0.3 is 0 Å². The molecule has 2 heterocycles. The second-order valence-electron chi connectivity index (χ2n) is 5.72. The predicted molar refractivity (Wildman–Crippen MR) is 93.1 cm³/mol. The Morgan fingerprint density at radius 3 is 2.44 bits per heavy atom. The topological polar surface area (TPSA) is 97.5 Å². The number of nitrogens with one attached hydrogen (secondary N) is 1. The average Bonchev–Trinajstić information content (AvgIpc) is 2.67. The molecule has 0 bridgehead atoms. The molecule has 3 rings (SSSR count). The van der Waals surface area contributed by atoms with Gasteiger partial charge in [0.2, 0.25) is 5.91 Å². The summed E-state index contributed by atoms with van der Waals surface area (Å²) in [5.41, 5.74) is 6.44. The quantitative estimate of drug-likeness (QED) is 0.842. The van der Waals surface area contributed by atoms with Gasteiger partial charge in [0.05, 0.1) is 18.8 Å². The second-order valence-corrected chi connectivity index (χ2v) is 5.72. The lowest BCUT2D eigenvalue weighted by molar-refractivity contribution is -0.120. The van der Waals surface area contributed by atoms with E-state index in [9.17, 15) is 9.59 Å². The number of anilines is 1. The third-order valence-electron chi connectivity index (χ3n) is 4.04. The van der Waals surface area contributed by atoms with E-state index >= 15 is 0 Å². The third-order valence-corrected chi connectivity index (χ3v) is 4.04. The molecule has 130 valence electrons. The number of carbonyl (C=O) groups excluding carboxylic acids is 2. The van der Waals surface area contributed by atoms with Gasteiger partial charge in [0.15, 0.2) is 0 Å². The summed E-state index contributed by atoms with van der Waals surface area (Å²) in [5.74, 6) is -0.208. The number of morpholine rings is 1. The van der Waals surface area contributed by atoms with Crippen molar-refractivity contribution in [1.82, 2.24) is 10.3 Å². The van der Waals surface area contributed by atoms with Crippen LogP contribution in [0.1, 0.15) is 22.0 Å². The van der Waals surface area contributed by atoms with Crippen molar-refractivity contribution in [3.63, 3.8) is 0 Å². The van der Waals surface area contributed by atoms with Crippen molar-refractivity contribution >= 4 is 17.6 Å². The number of pyridine rings is 1. The first-order valence-corrected chi connectivity index (χ1v) is 8.09. The van der Waals surface area contributed by atoms with Crippen LogP contribution in [0.25, 0.3) is 0 Å². The summed E-state index contributed by atoms with van der Waals surface area (Å²) < 4.78 is 5.31. The lowest BCUT2D eigenvalue weighted by Crippen LogP contribution is -2.38. The zero-order valence-corrected chi connectivity index (χ0v) is 13.7. The minimum Gasteiger partial charge on any atom is -0.378 e. The normalized spacial score (nSPS) is 15.4. The summed E-state index contributed by atoms with van der Waals surface area (Å²) in [7, 11) is 0. The number of amides is 2. The van der Waals surface area contributed by atoms with E-state index in [0.29, 0.717) is 24.3 Å². The van der Waals surface area contributed by atoms with Gasteiger partial charge < -0.3 is 20.7 Å².